The Kier molecular flexibility index (Phi) is 38.6. The van der Waals surface area contributed by atoms with Crippen molar-refractivity contribution in [3.05, 3.63) is 118 Å². The number of carbonyl (C=O) groups excluding carboxylic acids is 16. The van der Waals surface area contributed by atoms with Gasteiger partial charge in [-0.2, -0.15) is 0 Å². The van der Waals surface area contributed by atoms with E-state index >= 15 is 0 Å². The highest BCUT2D eigenvalue weighted by Gasteiger charge is 2.34. The summed E-state index contributed by atoms with van der Waals surface area (Å²) in [7, 11) is 0. The predicted molar refractivity (Wildman–Crippen MR) is 366 cm³/mol. The number of amides is 16. The number of aliphatic carboxylic acids is 1. The zero-order chi connectivity index (χ0) is 76.4. The highest BCUT2D eigenvalue weighted by Crippen LogP contribution is 2.20. The minimum atomic E-state index is -1.46. The number of hydrogen-bond acceptors (Lipinski definition) is 19. The van der Waals surface area contributed by atoms with Crippen LogP contribution in [0.25, 0.3) is 10.9 Å². The number of nitrogens with two attached hydrogens (primary N) is 3. The zero-order valence-electron chi connectivity index (χ0n) is 56.8. The third-order valence-electron chi connectivity index (χ3n) is 14.0. The largest absolute Gasteiger partial charge is 0.480 e. The number of aliphatic imine (C=N–C) groups is 1. The number of carboxylic acids is 1. The molecule has 1 aromatic heterocycles. The van der Waals surface area contributed by atoms with E-state index in [1.165, 1.54) is 0 Å². The van der Waals surface area contributed by atoms with E-state index in [9.17, 15) is 81.5 Å². The topological polar surface area (TPSA) is 609 Å². The van der Waals surface area contributed by atoms with Crippen LogP contribution < -0.4 is 102 Å². The number of nitrogens with one attached hydrogen (secondary N) is 17. The van der Waals surface area contributed by atoms with Gasteiger partial charge in [0.25, 0.3) is 0 Å². The molecule has 0 spiro atoms. The highest BCUT2D eigenvalue weighted by atomic mass is 16.4. The molecule has 16 amide bonds. The van der Waals surface area contributed by atoms with Crippen molar-refractivity contribution < 1.29 is 86.6 Å². The first-order valence-corrected chi connectivity index (χ1v) is 32.0. The van der Waals surface area contributed by atoms with Crippen LogP contribution in [-0.2, 0) is 94.3 Å². The van der Waals surface area contributed by atoms with Crippen molar-refractivity contribution in [2.75, 3.05) is 32.7 Å². The third kappa shape index (κ3) is 35.2. The van der Waals surface area contributed by atoms with E-state index in [0.29, 0.717) is 80.7 Å². The van der Waals surface area contributed by atoms with Gasteiger partial charge in [0, 0.05) is 36.5 Å². The number of unbranched alkanes of at least 4 members (excludes halogenated alkanes) is 1. The molecule has 0 aliphatic heterocycles. The minimum Gasteiger partial charge on any atom is -0.480 e. The summed E-state index contributed by atoms with van der Waals surface area (Å²) in [6, 6.07) is 7.23. The van der Waals surface area contributed by atoms with Gasteiger partial charge in [-0.15, -0.1) is 0 Å². The van der Waals surface area contributed by atoms with E-state index in [2.05, 4.69) is 73.8 Å². The lowest BCUT2D eigenvalue weighted by Crippen LogP contribution is -2.60. The molecular weight excluding hydrogens is 1350 g/mol. The molecule has 39 heteroatoms. The van der Waals surface area contributed by atoms with Crippen LogP contribution in [-0.4, -0.2) is 186 Å². The van der Waals surface area contributed by atoms with Crippen LogP contribution in [0, 0.1) is 57.6 Å². The van der Waals surface area contributed by atoms with Gasteiger partial charge >= 0.3 is 5.97 Å². The van der Waals surface area contributed by atoms with Crippen molar-refractivity contribution in [3.63, 3.8) is 0 Å². The Morgan fingerprint density at radius 1 is 0.485 bits per heavy atom. The highest BCUT2D eigenvalue weighted by molar-refractivity contribution is 6.02. The molecule has 6 unspecified atom stereocenters. The van der Waals surface area contributed by atoms with E-state index in [1.54, 1.807) is 88.5 Å². The van der Waals surface area contributed by atoms with E-state index in [4.69, 9.17) is 22.3 Å². The van der Waals surface area contributed by atoms with Gasteiger partial charge in [0.1, 0.15) is 88.6 Å². The number of aromatic nitrogens is 1. The number of hydrogen-bond donors (Lipinski definition) is 21. The second kappa shape index (κ2) is 46.5. The first kappa shape index (κ1) is 85.4. The summed E-state index contributed by atoms with van der Waals surface area (Å²) in [5, 5.41) is 46.3. The number of carboxylic acid groups (broad SMARTS) is 1. The Hall–Kier alpha value is -11.8. The van der Waals surface area contributed by atoms with Crippen LogP contribution in [0.4, 0.5) is 0 Å². The van der Waals surface area contributed by atoms with Crippen molar-refractivity contribution in [1.82, 2.24) is 90.1 Å². The minimum absolute atomic E-state index is 0.00501. The van der Waals surface area contributed by atoms with Gasteiger partial charge in [-0.25, -0.2) is 0 Å². The number of fused-ring (bicyclic) bond motifs is 1. The Morgan fingerprint density at radius 2 is 0.981 bits per heavy atom. The van der Waals surface area contributed by atoms with Crippen molar-refractivity contribution in [1.29, 1.82) is 0 Å². The van der Waals surface area contributed by atoms with Crippen LogP contribution in [0.3, 0.4) is 0 Å². The summed E-state index contributed by atoms with van der Waals surface area (Å²) in [6.45, 7) is 9.56. The Balaban J connectivity index is 1.67. The molecule has 7 radical (unpaired) electrons. The predicted octanol–water partition coefficient (Wildman–Crippen LogP) is -7.24. The number of benzene rings is 2. The standard InChI is InChI=1S/C64H88N21O18/c1-36(2)21-44(62(102)85-57(37(3)4)63(103)83-43(17-10-11-19-65)59(99)78-33-55(95)80-42(18-12-20-69-64(66)67)58(98)79-34-56(96)97)84-61(101)46(23-39-24-70-41-16-9-8-15-40(39)41)82-54(94)32-76-52(92)30-77-60(100)45(22-38-13-6-5-7-14-38)81-53(93)31-75-51(91)29-74-50(90)28-73-49(89)27-72-48(88)26-71-47(87)25-68-35-86/h5-9,13-16,24,26-32,35-37,42-46,57,70H,10-12,17-23,25,33-34,65H2,1-4H3,(H,68,86)(H,71,87)(H,72,88)(H,73,89)(H,74,90)(H,75,91)(H,76,92)(H,77,100)(H,78,99)(H,79,98)(H,80,95)(H,81,93)(H,82,94)(H,83,103)(H,84,101)(H,85,102)(H,96,97)(H4,66,67,69). The van der Waals surface area contributed by atoms with Crippen molar-refractivity contribution in [2.24, 2.45) is 34.0 Å². The van der Waals surface area contributed by atoms with Crippen molar-refractivity contribution in [3.8, 4) is 0 Å². The molecule has 3 aromatic rings. The number of rotatable bonds is 48. The fourth-order valence-corrected chi connectivity index (χ4v) is 9.06. The average molecular weight is 1440 g/mol. The molecule has 0 fully saturated rings. The second-order valence-electron chi connectivity index (χ2n) is 23.2. The quantitative estimate of drug-likeness (QED) is 0.0108. The molecule has 557 valence electrons. The number of aromatic amines is 1. The smallest absolute Gasteiger partial charge is 0.322 e. The van der Waals surface area contributed by atoms with Gasteiger partial charge in [0.2, 0.25) is 95.0 Å². The summed E-state index contributed by atoms with van der Waals surface area (Å²) < 4.78 is 0. The number of nitrogens with zero attached hydrogens (tertiary/aromatic N) is 1. The molecule has 0 saturated heterocycles. The van der Waals surface area contributed by atoms with Crippen LogP contribution in [0.1, 0.15) is 77.3 Å². The van der Waals surface area contributed by atoms with Gasteiger partial charge in [-0.05, 0) is 74.1 Å². The fourth-order valence-electron chi connectivity index (χ4n) is 9.06. The number of guanidine groups is 1. The van der Waals surface area contributed by atoms with Gasteiger partial charge in [-0.3, -0.25) is 86.5 Å². The monoisotopic (exact) mass is 1440 g/mol. The SMILES string of the molecule is CC(C)CC(NC(=O)C(Cc1c[nH]c2ccccc12)NC(=O)[CH]NC(=O)[CH]NC(=O)C(Cc1ccccc1)NC(=O)[CH]NC(=O)[CH]NC(=O)[CH]NC(=O)[CH]NC(=O)[CH]NC(=O)CNC=O)C(=O)NC(C(=O)NC(CCCCN)C(=O)NCC(=O)NC(CCCN=C(N)N)C(=O)NCC(=O)O)C(C)C. The Morgan fingerprint density at radius 3 is 1.52 bits per heavy atom. The third-order valence-corrected chi connectivity index (χ3v) is 14.0. The molecular formula is C64H88N21O18. The maximum atomic E-state index is 14.5. The lowest BCUT2D eigenvalue weighted by Gasteiger charge is -2.29. The summed E-state index contributed by atoms with van der Waals surface area (Å²) >= 11 is 0. The molecule has 39 nitrogen and oxygen atoms in total. The normalized spacial score (nSPS) is 12.5. The van der Waals surface area contributed by atoms with E-state index < -0.39 is 156 Å². The van der Waals surface area contributed by atoms with E-state index in [1.807, 2.05) is 21.3 Å². The van der Waals surface area contributed by atoms with E-state index in [-0.39, 0.29) is 69.9 Å². The van der Waals surface area contributed by atoms with E-state index in [0.717, 1.165) is 0 Å². The molecule has 0 aliphatic rings. The Bertz CT molecular complexity index is 3450. The summed E-state index contributed by atoms with van der Waals surface area (Å²) in [5.41, 5.74) is 18.2. The van der Waals surface area contributed by atoms with Crippen LogP contribution in [0.2, 0.25) is 0 Å². The molecule has 3 rings (SSSR count). The molecule has 24 N–H and O–H groups in total. The second-order valence-corrected chi connectivity index (χ2v) is 23.2. The summed E-state index contributed by atoms with van der Waals surface area (Å²) in [6.07, 6.45) is 2.53. The molecule has 2 aromatic carbocycles. The summed E-state index contributed by atoms with van der Waals surface area (Å²) in [4.78, 5) is 224. The average Bonchev–Trinajstić information content (AvgIpc) is 1.72. The summed E-state index contributed by atoms with van der Waals surface area (Å²) in [5.74, 6) is -16.3. The van der Waals surface area contributed by atoms with Crippen molar-refractivity contribution >= 4 is 118 Å². The first-order chi connectivity index (χ1) is 49.0. The molecule has 1 heterocycles. The maximum absolute atomic E-state index is 14.5. The fraction of sp³-hybridized carbons (Fsp3) is 0.391. The number of H-pyrrole nitrogens is 1. The molecule has 6 atom stereocenters. The number of carbonyl (C=O) groups is 17. The van der Waals surface area contributed by atoms with Gasteiger partial charge in [0.05, 0.1) is 13.1 Å². The number of para-hydroxylation sites is 1. The lowest BCUT2D eigenvalue weighted by molar-refractivity contribution is -0.138. The molecule has 0 aliphatic carbocycles. The van der Waals surface area contributed by atoms with Crippen LogP contribution in [0.5, 0.6) is 0 Å². The van der Waals surface area contributed by atoms with Gasteiger partial charge in [0.15, 0.2) is 5.96 Å². The Labute approximate surface area is 592 Å². The van der Waals surface area contributed by atoms with Crippen LogP contribution >= 0.6 is 0 Å². The maximum Gasteiger partial charge on any atom is 0.322 e. The molecule has 0 bridgehead atoms. The first-order valence-electron chi connectivity index (χ1n) is 32.0. The van der Waals surface area contributed by atoms with Crippen LogP contribution in [0.15, 0.2) is 65.8 Å². The van der Waals surface area contributed by atoms with Gasteiger partial charge in [-0.1, -0.05) is 76.2 Å². The van der Waals surface area contributed by atoms with Crippen molar-refractivity contribution in [2.45, 2.75) is 115 Å². The molecule has 103 heavy (non-hydrogen) atoms. The van der Waals surface area contributed by atoms with Gasteiger partial charge < -0.3 is 112 Å². The zero-order valence-corrected chi connectivity index (χ0v) is 56.8. The lowest BCUT2D eigenvalue weighted by atomic mass is 9.98. The molecule has 0 saturated carbocycles.